The number of benzene rings is 8. The van der Waals surface area contributed by atoms with Gasteiger partial charge >= 0.3 is 0 Å². The Morgan fingerprint density at radius 2 is 0.742 bits per heavy atom. The van der Waals surface area contributed by atoms with E-state index in [1.54, 1.807) is 0 Å². The van der Waals surface area contributed by atoms with Gasteiger partial charge in [0.15, 0.2) is 23.3 Å². The van der Waals surface area contributed by atoms with E-state index in [-0.39, 0.29) is 0 Å². The highest BCUT2D eigenvalue weighted by Crippen LogP contribution is 2.64. The Bertz CT molecular complexity index is 3160. The minimum absolute atomic E-state index is 0.600. The topological polar surface area (TPSA) is 73.7 Å². The van der Waals surface area contributed by atoms with Crippen molar-refractivity contribution in [3.8, 4) is 90.7 Å². The van der Waals surface area contributed by atoms with E-state index in [4.69, 9.17) is 29.7 Å². The number of ether oxygens (including phenoxy) is 1. The zero-order chi connectivity index (χ0) is 41.0. The van der Waals surface area contributed by atoms with Crippen LogP contribution in [-0.2, 0) is 5.41 Å². The Morgan fingerprint density at radius 1 is 0.290 bits per heavy atom. The van der Waals surface area contributed by atoms with Crippen LogP contribution in [0.2, 0.25) is 0 Å². The summed E-state index contributed by atoms with van der Waals surface area (Å²) in [5.41, 5.74) is 13.3. The molecule has 2 aromatic heterocycles. The molecule has 0 atom stereocenters. The summed E-state index contributed by atoms with van der Waals surface area (Å²) in [6.07, 6.45) is 0. The molecule has 62 heavy (non-hydrogen) atoms. The fourth-order valence-electron chi connectivity index (χ4n) is 9.31. The van der Waals surface area contributed by atoms with Gasteiger partial charge in [-0.25, -0.2) is 24.9 Å². The third-order valence-electron chi connectivity index (χ3n) is 12.0. The third kappa shape index (κ3) is 5.69. The lowest BCUT2D eigenvalue weighted by molar-refractivity contribution is 0.436. The molecule has 10 aromatic rings. The molecule has 0 bridgehead atoms. The first-order valence-electron chi connectivity index (χ1n) is 20.8. The second kappa shape index (κ2) is 14.4. The van der Waals surface area contributed by atoms with Crippen LogP contribution in [0.5, 0.6) is 11.5 Å². The molecule has 1 aliphatic heterocycles. The van der Waals surface area contributed by atoms with E-state index in [0.29, 0.717) is 23.3 Å². The second-order valence-electron chi connectivity index (χ2n) is 15.6. The highest BCUT2D eigenvalue weighted by atomic mass is 16.5. The van der Waals surface area contributed by atoms with E-state index in [0.717, 1.165) is 89.6 Å². The third-order valence-corrected chi connectivity index (χ3v) is 12.0. The molecule has 0 unspecified atom stereocenters. The molecule has 2 aliphatic rings. The molecule has 290 valence electrons. The largest absolute Gasteiger partial charge is 0.457 e. The van der Waals surface area contributed by atoms with Crippen LogP contribution in [0.3, 0.4) is 0 Å². The summed E-state index contributed by atoms with van der Waals surface area (Å²) in [6, 6.07) is 73.1. The quantitative estimate of drug-likeness (QED) is 0.167. The standard InChI is InChI=1S/C56H35N5O/c1-5-18-36(19-6-1)47-35-48(58-52(57-47)37-20-7-2-8-21-37)42-27-17-26-41-43-34-40(55-60-53(38-22-9-3-10-23-38)59-54(61-55)39-24-11-4-12-25-39)32-33-44(43)56(51(41)42)45-28-13-15-30-49(45)62-50-31-16-14-29-46(50)56/h1-35H. The van der Waals surface area contributed by atoms with Crippen molar-refractivity contribution in [2.24, 2.45) is 0 Å². The van der Waals surface area contributed by atoms with Crippen LogP contribution in [0.1, 0.15) is 22.3 Å². The SMILES string of the molecule is c1ccc(-c2cc(-c3cccc4c3C3(c5ccccc5Oc5ccccc53)c3ccc(-c5nc(-c6ccccc6)nc(-c6ccccc6)n5)cc3-4)nc(-c3ccccc3)n2)cc1. The molecular weight excluding hydrogens is 759 g/mol. The molecular formula is C56H35N5O. The molecule has 0 radical (unpaired) electrons. The maximum atomic E-state index is 6.74. The molecule has 1 aliphatic carbocycles. The number of nitrogens with zero attached hydrogens (tertiary/aromatic N) is 5. The van der Waals surface area contributed by atoms with Crippen molar-refractivity contribution in [2.45, 2.75) is 5.41 Å². The van der Waals surface area contributed by atoms with E-state index >= 15 is 0 Å². The summed E-state index contributed by atoms with van der Waals surface area (Å²) in [4.78, 5) is 25.8. The van der Waals surface area contributed by atoms with Crippen LogP contribution in [0.25, 0.3) is 79.2 Å². The van der Waals surface area contributed by atoms with Gasteiger partial charge in [0.2, 0.25) is 0 Å². The van der Waals surface area contributed by atoms with Crippen LogP contribution < -0.4 is 4.74 Å². The van der Waals surface area contributed by atoms with Crippen molar-refractivity contribution in [2.75, 3.05) is 0 Å². The first-order chi connectivity index (χ1) is 30.7. The smallest absolute Gasteiger partial charge is 0.164 e. The van der Waals surface area contributed by atoms with Gasteiger partial charge in [0.1, 0.15) is 11.5 Å². The van der Waals surface area contributed by atoms with Crippen molar-refractivity contribution in [1.82, 2.24) is 24.9 Å². The van der Waals surface area contributed by atoms with Crippen LogP contribution in [-0.4, -0.2) is 24.9 Å². The Kier molecular flexibility index (Phi) is 8.28. The van der Waals surface area contributed by atoms with Gasteiger partial charge in [0.25, 0.3) is 0 Å². The van der Waals surface area contributed by atoms with Crippen molar-refractivity contribution < 1.29 is 4.74 Å². The maximum absolute atomic E-state index is 6.74. The average Bonchev–Trinajstić information content (AvgIpc) is 3.65. The fourth-order valence-corrected chi connectivity index (χ4v) is 9.31. The fraction of sp³-hybridized carbons (Fsp3) is 0.0179. The normalized spacial score (nSPS) is 12.8. The van der Waals surface area contributed by atoms with Gasteiger partial charge in [-0.15, -0.1) is 0 Å². The zero-order valence-corrected chi connectivity index (χ0v) is 33.4. The van der Waals surface area contributed by atoms with Crippen molar-refractivity contribution in [1.29, 1.82) is 0 Å². The van der Waals surface area contributed by atoms with Gasteiger partial charge in [-0.2, -0.15) is 0 Å². The van der Waals surface area contributed by atoms with Crippen LogP contribution in [0, 0.1) is 0 Å². The number of aromatic nitrogens is 5. The number of rotatable bonds is 6. The Labute approximate surface area is 359 Å². The van der Waals surface area contributed by atoms with Gasteiger partial charge in [-0.1, -0.05) is 188 Å². The monoisotopic (exact) mass is 793 g/mol. The van der Waals surface area contributed by atoms with Crippen molar-refractivity contribution >= 4 is 0 Å². The van der Waals surface area contributed by atoms with Crippen LogP contribution in [0.4, 0.5) is 0 Å². The molecule has 3 heterocycles. The summed E-state index contributed by atoms with van der Waals surface area (Å²) >= 11 is 0. The van der Waals surface area contributed by atoms with Gasteiger partial charge in [0.05, 0.1) is 16.8 Å². The molecule has 12 rings (SSSR count). The summed E-state index contributed by atoms with van der Waals surface area (Å²) < 4.78 is 6.74. The maximum Gasteiger partial charge on any atom is 0.164 e. The predicted octanol–water partition coefficient (Wildman–Crippen LogP) is 13.1. The Hall–Kier alpha value is -8.35. The number of hydrogen-bond acceptors (Lipinski definition) is 6. The zero-order valence-electron chi connectivity index (χ0n) is 33.4. The molecule has 0 N–H and O–H groups in total. The number of para-hydroxylation sites is 2. The van der Waals surface area contributed by atoms with Crippen LogP contribution >= 0.6 is 0 Å². The molecule has 0 amide bonds. The van der Waals surface area contributed by atoms with Crippen LogP contribution in [0.15, 0.2) is 212 Å². The van der Waals surface area contributed by atoms with Gasteiger partial charge < -0.3 is 4.74 Å². The molecule has 6 heteroatoms. The minimum atomic E-state index is -0.764. The summed E-state index contributed by atoms with van der Waals surface area (Å²) in [6.45, 7) is 0. The molecule has 1 spiro atoms. The molecule has 0 fully saturated rings. The van der Waals surface area contributed by atoms with Gasteiger partial charge in [-0.3, -0.25) is 0 Å². The van der Waals surface area contributed by atoms with Gasteiger partial charge in [-0.05, 0) is 46.5 Å². The van der Waals surface area contributed by atoms with Gasteiger partial charge in [0, 0.05) is 44.5 Å². The molecule has 6 nitrogen and oxygen atoms in total. The van der Waals surface area contributed by atoms with E-state index in [9.17, 15) is 0 Å². The van der Waals surface area contributed by atoms with E-state index in [1.165, 1.54) is 0 Å². The summed E-state index contributed by atoms with van der Waals surface area (Å²) in [5, 5.41) is 0. The molecule has 0 saturated carbocycles. The first-order valence-corrected chi connectivity index (χ1v) is 20.8. The summed E-state index contributed by atoms with van der Waals surface area (Å²) in [5.74, 6) is 4.14. The Morgan fingerprint density at radius 3 is 1.31 bits per heavy atom. The summed E-state index contributed by atoms with van der Waals surface area (Å²) in [7, 11) is 0. The predicted molar refractivity (Wildman–Crippen MR) is 245 cm³/mol. The van der Waals surface area contributed by atoms with E-state index in [2.05, 4.69) is 115 Å². The average molecular weight is 794 g/mol. The first kappa shape index (κ1) is 35.6. The highest BCUT2D eigenvalue weighted by molar-refractivity contribution is 5.95. The lowest BCUT2D eigenvalue weighted by Gasteiger charge is -2.40. The molecule has 8 aromatic carbocycles. The number of hydrogen-bond donors (Lipinski definition) is 0. The minimum Gasteiger partial charge on any atom is -0.457 e. The number of fused-ring (bicyclic) bond motifs is 9. The van der Waals surface area contributed by atoms with Crippen molar-refractivity contribution in [3.05, 3.63) is 235 Å². The second-order valence-corrected chi connectivity index (χ2v) is 15.6. The lowest BCUT2D eigenvalue weighted by Crippen LogP contribution is -2.32. The van der Waals surface area contributed by atoms with E-state index in [1.807, 2.05) is 97.1 Å². The van der Waals surface area contributed by atoms with Crippen molar-refractivity contribution in [3.63, 3.8) is 0 Å². The lowest BCUT2D eigenvalue weighted by atomic mass is 9.65. The Balaban J connectivity index is 1.15. The highest BCUT2D eigenvalue weighted by Gasteiger charge is 2.52. The molecule has 0 saturated heterocycles. The van der Waals surface area contributed by atoms with E-state index < -0.39 is 5.41 Å².